The summed E-state index contributed by atoms with van der Waals surface area (Å²) in [5.74, 6) is 1.71. The van der Waals surface area contributed by atoms with Gasteiger partial charge in [-0.05, 0) is 38.5 Å². The predicted octanol–water partition coefficient (Wildman–Crippen LogP) is 2.48. The number of ether oxygens (including phenoxy) is 1. The van der Waals surface area contributed by atoms with Crippen molar-refractivity contribution >= 4 is 0 Å². The van der Waals surface area contributed by atoms with E-state index in [-0.39, 0.29) is 5.60 Å². The monoisotopic (exact) mass is 275 g/mol. The Morgan fingerprint density at radius 1 is 1.25 bits per heavy atom. The molecule has 20 heavy (non-hydrogen) atoms. The van der Waals surface area contributed by atoms with Crippen molar-refractivity contribution in [3.63, 3.8) is 0 Å². The average molecular weight is 275 g/mol. The standard InChI is InChI=1S/C16H25N3O/c1-11-4-7-16(20-3,8-5-11)15-18-12(2)13-10-17-9-6-14(13)19-15/h11,17H,4-10H2,1-3H3. The lowest BCUT2D eigenvalue weighted by Gasteiger charge is -2.37. The van der Waals surface area contributed by atoms with Gasteiger partial charge in [0, 0.05) is 37.9 Å². The molecule has 110 valence electrons. The lowest BCUT2D eigenvalue weighted by Crippen LogP contribution is -2.37. The molecule has 0 unspecified atom stereocenters. The number of aryl methyl sites for hydroxylation is 1. The fourth-order valence-corrected chi connectivity index (χ4v) is 3.46. The van der Waals surface area contributed by atoms with Gasteiger partial charge in [0.2, 0.25) is 0 Å². The van der Waals surface area contributed by atoms with Crippen molar-refractivity contribution in [1.82, 2.24) is 15.3 Å². The maximum atomic E-state index is 5.92. The van der Waals surface area contributed by atoms with Crippen molar-refractivity contribution in [2.75, 3.05) is 13.7 Å². The van der Waals surface area contributed by atoms with E-state index in [1.54, 1.807) is 0 Å². The minimum Gasteiger partial charge on any atom is -0.370 e. The number of hydrogen-bond acceptors (Lipinski definition) is 4. The summed E-state index contributed by atoms with van der Waals surface area (Å²) >= 11 is 0. The summed E-state index contributed by atoms with van der Waals surface area (Å²) in [6, 6.07) is 0. The highest BCUT2D eigenvalue weighted by Gasteiger charge is 2.39. The number of nitrogens with zero attached hydrogens (tertiary/aromatic N) is 2. The van der Waals surface area contributed by atoms with Gasteiger partial charge in [-0.15, -0.1) is 0 Å². The van der Waals surface area contributed by atoms with E-state index in [9.17, 15) is 0 Å². The molecule has 0 spiro atoms. The second kappa shape index (κ2) is 5.41. The van der Waals surface area contributed by atoms with E-state index in [0.717, 1.165) is 49.8 Å². The Labute approximate surface area is 121 Å². The number of hydrogen-bond donors (Lipinski definition) is 1. The van der Waals surface area contributed by atoms with Crippen LogP contribution in [-0.2, 0) is 23.3 Å². The maximum Gasteiger partial charge on any atom is 0.160 e. The lowest BCUT2D eigenvalue weighted by atomic mass is 9.78. The quantitative estimate of drug-likeness (QED) is 0.901. The van der Waals surface area contributed by atoms with Crippen LogP contribution in [-0.4, -0.2) is 23.6 Å². The summed E-state index contributed by atoms with van der Waals surface area (Å²) in [5.41, 5.74) is 3.38. The first-order chi connectivity index (χ1) is 9.64. The van der Waals surface area contributed by atoms with E-state index < -0.39 is 0 Å². The third kappa shape index (κ3) is 2.35. The highest BCUT2D eigenvalue weighted by atomic mass is 16.5. The van der Waals surface area contributed by atoms with Gasteiger partial charge in [0.05, 0.1) is 5.69 Å². The zero-order chi connectivity index (χ0) is 14.2. The van der Waals surface area contributed by atoms with E-state index in [1.165, 1.54) is 24.1 Å². The molecule has 1 aromatic heterocycles. The average Bonchev–Trinajstić information content (AvgIpc) is 2.48. The Balaban J connectivity index is 1.98. The molecule has 0 atom stereocenters. The molecule has 1 aliphatic heterocycles. The van der Waals surface area contributed by atoms with Crippen molar-refractivity contribution in [3.05, 3.63) is 22.8 Å². The first kappa shape index (κ1) is 14.0. The highest BCUT2D eigenvalue weighted by Crippen LogP contribution is 2.41. The molecule has 1 aliphatic carbocycles. The highest BCUT2D eigenvalue weighted by molar-refractivity contribution is 5.28. The van der Waals surface area contributed by atoms with Gasteiger partial charge in [0.1, 0.15) is 5.60 Å². The van der Waals surface area contributed by atoms with Crippen molar-refractivity contribution < 1.29 is 4.74 Å². The summed E-state index contributed by atoms with van der Waals surface area (Å²) in [5, 5.41) is 3.40. The molecular weight excluding hydrogens is 250 g/mol. The maximum absolute atomic E-state index is 5.92. The Morgan fingerprint density at radius 3 is 2.70 bits per heavy atom. The van der Waals surface area contributed by atoms with Crippen molar-refractivity contribution in [2.24, 2.45) is 5.92 Å². The van der Waals surface area contributed by atoms with E-state index in [0.29, 0.717) is 0 Å². The third-order valence-corrected chi connectivity index (χ3v) is 5.02. The molecule has 1 fully saturated rings. The zero-order valence-corrected chi connectivity index (χ0v) is 12.8. The predicted molar refractivity (Wildman–Crippen MR) is 78.5 cm³/mol. The second-order valence-corrected chi connectivity index (χ2v) is 6.37. The molecule has 1 aromatic rings. The molecule has 2 aliphatic rings. The molecule has 0 bridgehead atoms. The topological polar surface area (TPSA) is 47.0 Å². The summed E-state index contributed by atoms with van der Waals surface area (Å²) in [7, 11) is 1.82. The summed E-state index contributed by atoms with van der Waals surface area (Å²) in [4.78, 5) is 9.69. The van der Waals surface area contributed by atoms with Crippen LogP contribution in [0.1, 0.15) is 55.4 Å². The Bertz CT molecular complexity index is 493. The van der Waals surface area contributed by atoms with Crippen LogP contribution in [0.3, 0.4) is 0 Å². The first-order valence-electron chi connectivity index (χ1n) is 7.77. The van der Waals surface area contributed by atoms with Crippen LogP contribution in [0.5, 0.6) is 0 Å². The molecule has 4 nitrogen and oxygen atoms in total. The van der Waals surface area contributed by atoms with Crippen LogP contribution in [0.15, 0.2) is 0 Å². The van der Waals surface area contributed by atoms with E-state index in [1.807, 2.05) is 7.11 Å². The third-order valence-electron chi connectivity index (χ3n) is 5.02. The van der Waals surface area contributed by atoms with Gasteiger partial charge in [-0.1, -0.05) is 6.92 Å². The Kier molecular flexibility index (Phi) is 3.78. The molecule has 1 N–H and O–H groups in total. The van der Waals surface area contributed by atoms with E-state index in [2.05, 4.69) is 19.2 Å². The normalized spacial score (nSPS) is 30.1. The summed E-state index contributed by atoms with van der Waals surface area (Å²) < 4.78 is 5.92. The molecule has 3 rings (SSSR count). The van der Waals surface area contributed by atoms with Crippen LogP contribution in [0.2, 0.25) is 0 Å². The smallest absolute Gasteiger partial charge is 0.160 e. The number of fused-ring (bicyclic) bond motifs is 1. The van der Waals surface area contributed by atoms with Crippen molar-refractivity contribution in [3.8, 4) is 0 Å². The molecule has 0 saturated heterocycles. The van der Waals surface area contributed by atoms with Gasteiger partial charge in [-0.25, -0.2) is 9.97 Å². The molecule has 2 heterocycles. The summed E-state index contributed by atoms with van der Waals surface area (Å²) in [6.07, 6.45) is 5.49. The zero-order valence-electron chi connectivity index (χ0n) is 12.8. The molecule has 4 heteroatoms. The largest absolute Gasteiger partial charge is 0.370 e. The van der Waals surface area contributed by atoms with Gasteiger partial charge in [0.25, 0.3) is 0 Å². The van der Waals surface area contributed by atoms with Crippen LogP contribution in [0.4, 0.5) is 0 Å². The summed E-state index contributed by atoms with van der Waals surface area (Å²) in [6.45, 7) is 6.34. The first-order valence-corrected chi connectivity index (χ1v) is 7.77. The minimum absolute atomic E-state index is 0.253. The Morgan fingerprint density at radius 2 is 2.00 bits per heavy atom. The lowest BCUT2D eigenvalue weighted by molar-refractivity contribution is -0.0600. The number of rotatable bonds is 2. The van der Waals surface area contributed by atoms with E-state index >= 15 is 0 Å². The SMILES string of the molecule is COC1(c2nc(C)c3c(n2)CCNC3)CCC(C)CC1. The van der Waals surface area contributed by atoms with Crippen molar-refractivity contribution in [2.45, 2.75) is 58.1 Å². The van der Waals surface area contributed by atoms with Crippen LogP contribution < -0.4 is 5.32 Å². The van der Waals surface area contributed by atoms with Gasteiger partial charge in [-0.2, -0.15) is 0 Å². The van der Waals surface area contributed by atoms with Gasteiger partial charge >= 0.3 is 0 Å². The minimum atomic E-state index is -0.253. The Hall–Kier alpha value is -1.00. The van der Waals surface area contributed by atoms with E-state index in [4.69, 9.17) is 14.7 Å². The number of aromatic nitrogens is 2. The fourth-order valence-electron chi connectivity index (χ4n) is 3.46. The molecular formula is C16H25N3O. The number of nitrogens with one attached hydrogen (secondary N) is 1. The fraction of sp³-hybridized carbons (Fsp3) is 0.750. The van der Waals surface area contributed by atoms with Crippen LogP contribution in [0, 0.1) is 12.8 Å². The second-order valence-electron chi connectivity index (χ2n) is 6.37. The molecule has 1 saturated carbocycles. The van der Waals surface area contributed by atoms with Gasteiger partial charge < -0.3 is 10.1 Å². The van der Waals surface area contributed by atoms with Crippen LogP contribution >= 0.6 is 0 Å². The molecule has 0 amide bonds. The van der Waals surface area contributed by atoms with Gasteiger partial charge in [-0.3, -0.25) is 0 Å². The van der Waals surface area contributed by atoms with Gasteiger partial charge in [0.15, 0.2) is 5.82 Å². The van der Waals surface area contributed by atoms with Crippen molar-refractivity contribution in [1.29, 1.82) is 0 Å². The number of methoxy groups -OCH3 is 1. The molecule has 0 radical (unpaired) electrons. The van der Waals surface area contributed by atoms with Crippen LogP contribution in [0.25, 0.3) is 0 Å². The molecule has 0 aromatic carbocycles.